The van der Waals surface area contributed by atoms with Crippen LogP contribution in [0.5, 0.6) is 0 Å². The van der Waals surface area contributed by atoms with E-state index in [1.807, 2.05) is 42.6 Å². The number of rotatable bonds is 6. The maximum atomic E-state index is 5.94. The number of nitrogens with zero attached hydrogens (tertiary/aromatic N) is 1. The molecular formula is C24H22ClN. The predicted molar refractivity (Wildman–Crippen MR) is 114 cm³/mol. The van der Waals surface area contributed by atoms with Gasteiger partial charge in [0.1, 0.15) is 0 Å². The van der Waals surface area contributed by atoms with Crippen molar-refractivity contribution in [3.63, 3.8) is 0 Å². The van der Waals surface area contributed by atoms with Crippen molar-refractivity contribution >= 4 is 23.5 Å². The molecule has 26 heavy (non-hydrogen) atoms. The summed E-state index contributed by atoms with van der Waals surface area (Å²) in [5.41, 5.74) is 5.72. The fraction of sp³-hybridized carbons (Fsp3) is 0.125. The first kappa shape index (κ1) is 18.2. The van der Waals surface area contributed by atoms with Crippen molar-refractivity contribution in [1.82, 2.24) is 0 Å². The summed E-state index contributed by atoms with van der Waals surface area (Å²) in [5.74, 6) is 0. The molecule has 0 aliphatic rings. The molecule has 2 heteroatoms. The van der Waals surface area contributed by atoms with Crippen LogP contribution in [0.3, 0.4) is 0 Å². The van der Waals surface area contributed by atoms with Gasteiger partial charge in [0.05, 0.1) is 5.69 Å². The largest absolute Gasteiger partial charge is 0.256 e. The number of hydrogen-bond acceptors (Lipinski definition) is 1. The highest BCUT2D eigenvalue weighted by molar-refractivity contribution is 6.30. The normalized spacial score (nSPS) is 11.5. The molecule has 0 bridgehead atoms. The molecule has 0 fully saturated rings. The Morgan fingerprint density at radius 3 is 2.04 bits per heavy atom. The van der Waals surface area contributed by atoms with Crippen molar-refractivity contribution < 1.29 is 0 Å². The van der Waals surface area contributed by atoms with Gasteiger partial charge in [0.15, 0.2) is 0 Å². The molecule has 0 saturated carbocycles. The highest BCUT2D eigenvalue weighted by Gasteiger charge is 1.98. The molecule has 3 aromatic carbocycles. The Balaban J connectivity index is 1.64. The summed E-state index contributed by atoms with van der Waals surface area (Å²) in [6.07, 6.45) is 8.37. The lowest BCUT2D eigenvalue weighted by Crippen LogP contribution is -1.86. The van der Waals surface area contributed by atoms with Gasteiger partial charge >= 0.3 is 0 Å². The van der Waals surface area contributed by atoms with Crippen LogP contribution in [-0.4, -0.2) is 6.21 Å². The van der Waals surface area contributed by atoms with Crippen molar-refractivity contribution in [2.75, 3.05) is 0 Å². The molecule has 0 spiro atoms. The number of benzene rings is 3. The minimum Gasteiger partial charge on any atom is -0.256 e. The fourth-order valence-electron chi connectivity index (χ4n) is 2.72. The van der Waals surface area contributed by atoms with Gasteiger partial charge in [-0.1, -0.05) is 72.3 Å². The molecule has 0 radical (unpaired) electrons. The third kappa shape index (κ3) is 5.18. The average molecular weight is 360 g/mol. The predicted octanol–water partition coefficient (Wildman–Crippen LogP) is 7.27. The maximum absolute atomic E-state index is 5.94. The first-order valence-electron chi connectivity index (χ1n) is 8.85. The summed E-state index contributed by atoms with van der Waals surface area (Å²) < 4.78 is 0. The lowest BCUT2D eigenvalue weighted by molar-refractivity contribution is 0.999. The van der Waals surface area contributed by atoms with Gasteiger partial charge in [0.25, 0.3) is 0 Å². The Morgan fingerprint density at radius 2 is 1.42 bits per heavy atom. The quantitative estimate of drug-likeness (QED) is 0.324. The van der Waals surface area contributed by atoms with E-state index in [4.69, 9.17) is 11.6 Å². The molecule has 0 N–H and O–H groups in total. The van der Waals surface area contributed by atoms with Crippen LogP contribution >= 0.6 is 11.6 Å². The van der Waals surface area contributed by atoms with E-state index < -0.39 is 0 Å². The molecule has 130 valence electrons. The fourth-order valence-corrected chi connectivity index (χ4v) is 2.84. The third-order valence-corrected chi connectivity index (χ3v) is 4.47. The van der Waals surface area contributed by atoms with Crippen LogP contribution in [0.1, 0.15) is 24.5 Å². The zero-order valence-electron chi connectivity index (χ0n) is 14.9. The second kappa shape index (κ2) is 9.17. The van der Waals surface area contributed by atoms with E-state index in [1.165, 1.54) is 5.56 Å². The van der Waals surface area contributed by atoms with E-state index in [0.717, 1.165) is 40.2 Å². The highest BCUT2D eigenvalue weighted by Crippen LogP contribution is 2.24. The lowest BCUT2D eigenvalue weighted by Gasteiger charge is -2.02. The SMILES string of the molecule is C/C=C/CCc1ccc(C=Nc2ccc(-c3ccc(Cl)cc3)cc2)cc1. The molecule has 0 amide bonds. The first-order chi connectivity index (χ1) is 12.7. The Hall–Kier alpha value is -2.64. The molecule has 0 atom stereocenters. The molecular weight excluding hydrogens is 338 g/mol. The molecule has 3 rings (SSSR count). The molecule has 0 unspecified atom stereocenters. The average Bonchev–Trinajstić information content (AvgIpc) is 2.69. The standard InChI is InChI=1S/C24H22ClN/c1-2-3-4-5-19-6-8-20(9-7-19)18-26-24-16-12-22(13-17-24)21-10-14-23(25)15-11-21/h2-3,6-18H,4-5H2,1H3/b3-2+,26-18?. The van der Waals surface area contributed by atoms with E-state index in [1.54, 1.807) is 0 Å². The van der Waals surface area contributed by atoms with Crippen molar-refractivity contribution in [1.29, 1.82) is 0 Å². The third-order valence-electron chi connectivity index (χ3n) is 4.22. The van der Waals surface area contributed by atoms with E-state index in [-0.39, 0.29) is 0 Å². The summed E-state index contributed by atoms with van der Waals surface area (Å²) in [4.78, 5) is 4.57. The second-order valence-electron chi connectivity index (χ2n) is 6.16. The van der Waals surface area contributed by atoms with Gasteiger partial charge < -0.3 is 0 Å². The number of aliphatic imine (C=N–C) groups is 1. The summed E-state index contributed by atoms with van der Waals surface area (Å²) in [7, 11) is 0. The topological polar surface area (TPSA) is 12.4 Å². The number of allylic oxidation sites excluding steroid dienone is 2. The van der Waals surface area contributed by atoms with Gasteiger partial charge in [-0.3, -0.25) is 4.99 Å². The molecule has 0 saturated heterocycles. The summed E-state index contributed by atoms with van der Waals surface area (Å²) in [6, 6.07) is 24.7. The van der Waals surface area contributed by atoms with Crippen molar-refractivity contribution in [3.8, 4) is 11.1 Å². The van der Waals surface area contributed by atoms with Crippen molar-refractivity contribution in [3.05, 3.63) is 101 Å². The van der Waals surface area contributed by atoms with Crippen molar-refractivity contribution in [2.45, 2.75) is 19.8 Å². The first-order valence-corrected chi connectivity index (χ1v) is 9.22. The van der Waals surface area contributed by atoms with Gasteiger partial charge in [-0.25, -0.2) is 0 Å². The summed E-state index contributed by atoms with van der Waals surface area (Å²) in [6.45, 7) is 2.06. The van der Waals surface area contributed by atoms with Gasteiger partial charge in [0, 0.05) is 11.2 Å². The molecule has 0 aromatic heterocycles. The minimum absolute atomic E-state index is 0.753. The highest BCUT2D eigenvalue weighted by atomic mass is 35.5. The Morgan fingerprint density at radius 1 is 0.808 bits per heavy atom. The molecule has 0 aliphatic heterocycles. The van der Waals surface area contributed by atoms with Crippen LogP contribution in [0.15, 0.2) is 89.9 Å². The number of halogens is 1. The van der Waals surface area contributed by atoms with E-state index in [9.17, 15) is 0 Å². The number of aryl methyl sites for hydroxylation is 1. The van der Waals surface area contributed by atoms with Gasteiger partial charge in [-0.2, -0.15) is 0 Å². The van der Waals surface area contributed by atoms with Crippen LogP contribution < -0.4 is 0 Å². The molecule has 0 heterocycles. The molecule has 1 nitrogen and oxygen atoms in total. The van der Waals surface area contributed by atoms with Crippen LogP contribution in [0.4, 0.5) is 5.69 Å². The van der Waals surface area contributed by atoms with Crippen LogP contribution in [-0.2, 0) is 6.42 Å². The van der Waals surface area contributed by atoms with E-state index in [0.29, 0.717) is 0 Å². The van der Waals surface area contributed by atoms with Crippen molar-refractivity contribution in [2.24, 2.45) is 4.99 Å². The van der Waals surface area contributed by atoms with E-state index >= 15 is 0 Å². The number of hydrogen-bond donors (Lipinski definition) is 0. The molecule has 3 aromatic rings. The Bertz CT molecular complexity index is 873. The van der Waals surface area contributed by atoms with E-state index in [2.05, 4.69) is 60.5 Å². The van der Waals surface area contributed by atoms with Crippen LogP contribution in [0, 0.1) is 0 Å². The summed E-state index contributed by atoms with van der Waals surface area (Å²) in [5, 5.41) is 0.753. The van der Waals surface area contributed by atoms with Crippen LogP contribution in [0.25, 0.3) is 11.1 Å². The zero-order chi connectivity index (χ0) is 18.2. The zero-order valence-corrected chi connectivity index (χ0v) is 15.7. The van der Waals surface area contributed by atoms with Gasteiger partial charge in [-0.15, -0.1) is 0 Å². The molecule has 0 aliphatic carbocycles. The smallest absolute Gasteiger partial charge is 0.0630 e. The minimum atomic E-state index is 0.753. The Kier molecular flexibility index (Phi) is 6.40. The Labute approximate surface area is 160 Å². The summed E-state index contributed by atoms with van der Waals surface area (Å²) >= 11 is 5.94. The van der Waals surface area contributed by atoms with Gasteiger partial charge in [-0.05, 0) is 66.3 Å². The monoisotopic (exact) mass is 359 g/mol. The lowest BCUT2D eigenvalue weighted by atomic mass is 10.1. The second-order valence-corrected chi connectivity index (χ2v) is 6.60. The van der Waals surface area contributed by atoms with Crippen LogP contribution in [0.2, 0.25) is 5.02 Å². The maximum Gasteiger partial charge on any atom is 0.0630 e. The van der Waals surface area contributed by atoms with Gasteiger partial charge in [0.2, 0.25) is 0 Å².